The molecule has 6 heteroatoms. The molecule has 0 radical (unpaired) electrons. The van der Waals surface area contributed by atoms with Gasteiger partial charge in [0.1, 0.15) is 5.75 Å². The Labute approximate surface area is 157 Å². The molecule has 0 saturated heterocycles. The summed E-state index contributed by atoms with van der Waals surface area (Å²) in [6.07, 6.45) is 7.92. The number of benzene rings is 1. The number of nitrogens with zero attached hydrogens (tertiary/aromatic N) is 1. The molecule has 0 saturated carbocycles. The van der Waals surface area contributed by atoms with Gasteiger partial charge in [0, 0.05) is 6.54 Å². The van der Waals surface area contributed by atoms with E-state index in [2.05, 4.69) is 28.9 Å². The number of aliphatic imine (C=N–C) groups is 1. The third-order valence-electron chi connectivity index (χ3n) is 3.02. The van der Waals surface area contributed by atoms with E-state index < -0.39 is 0 Å². The van der Waals surface area contributed by atoms with Crippen LogP contribution >= 0.6 is 0 Å². The van der Waals surface area contributed by atoms with E-state index in [9.17, 15) is 9.59 Å². The highest BCUT2D eigenvalue weighted by Gasteiger charge is 1.96. The molecule has 0 fully saturated rings. The highest BCUT2D eigenvalue weighted by molar-refractivity contribution is 5.66. The Morgan fingerprint density at radius 2 is 1.69 bits per heavy atom. The number of alkyl carbamates (subject to hydrolysis) is 1. The predicted molar refractivity (Wildman–Crippen MR) is 105 cm³/mol. The Morgan fingerprint density at radius 3 is 2.15 bits per heavy atom. The van der Waals surface area contributed by atoms with Gasteiger partial charge in [0.25, 0.3) is 0 Å². The van der Waals surface area contributed by atoms with E-state index in [1.54, 1.807) is 31.2 Å². The molecule has 0 aromatic heterocycles. The maximum atomic E-state index is 10.7. The lowest BCUT2D eigenvalue weighted by Crippen LogP contribution is -2.25. The lowest BCUT2D eigenvalue weighted by Gasteiger charge is -2.03. The molecule has 1 amide bonds. The summed E-state index contributed by atoms with van der Waals surface area (Å²) < 4.78 is 4.67. The SMILES string of the molecule is CCCCCN=C=O.CCCCCNC(=O)OCC.Oc1ccccc1. The molecule has 1 rings (SSSR count). The molecule has 0 bridgehead atoms. The summed E-state index contributed by atoms with van der Waals surface area (Å²) in [5.41, 5.74) is 0. The van der Waals surface area contributed by atoms with Gasteiger partial charge in [-0.25, -0.2) is 14.6 Å². The number of phenolic OH excluding ortho intramolecular Hbond substituents is 1. The Kier molecular flexibility index (Phi) is 22.6. The summed E-state index contributed by atoms with van der Waals surface area (Å²) >= 11 is 0. The molecule has 6 nitrogen and oxygen atoms in total. The number of isocyanates is 1. The highest BCUT2D eigenvalue weighted by atomic mass is 16.5. The van der Waals surface area contributed by atoms with Crippen LogP contribution in [-0.2, 0) is 9.53 Å². The average molecular weight is 367 g/mol. The lowest BCUT2D eigenvalue weighted by molar-refractivity contribution is 0.152. The molecule has 0 aliphatic carbocycles. The van der Waals surface area contributed by atoms with Gasteiger partial charge in [0.05, 0.1) is 13.2 Å². The average Bonchev–Trinajstić information content (AvgIpc) is 2.65. The van der Waals surface area contributed by atoms with Gasteiger partial charge in [-0.1, -0.05) is 57.7 Å². The van der Waals surface area contributed by atoms with Crippen molar-refractivity contribution in [3.63, 3.8) is 0 Å². The van der Waals surface area contributed by atoms with Crippen LogP contribution in [0.5, 0.6) is 5.75 Å². The maximum absolute atomic E-state index is 10.7. The zero-order chi connectivity index (χ0) is 19.9. The van der Waals surface area contributed by atoms with Crippen molar-refractivity contribution >= 4 is 12.2 Å². The summed E-state index contributed by atoms with van der Waals surface area (Å²) in [6.45, 7) is 7.87. The molecule has 0 heterocycles. The van der Waals surface area contributed by atoms with E-state index in [1.165, 1.54) is 18.9 Å². The minimum absolute atomic E-state index is 0.302. The lowest BCUT2D eigenvalue weighted by atomic mass is 10.2. The third-order valence-corrected chi connectivity index (χ3v) is 3.02. The molecule has 0 aliphatic heterocycles. The number of rotatable bonds is 9. The van der Waals surface area contributed by atoms with Gasteiger partial charge in [-0.2, -0.15) is 0 Å². The first-order chi connectivity index (χ1) is 12.6. The third kappa shape index (κ3) is 23.9. The van der Waals surface area contributed by atoms with Crippen molar-refractivity contribution in [2.45, 2.75) is 59.3 Å². The number of aromatic hydroxyl groups is 1. The van der Waals surface area contributed by atoms with E-state index in [0.29, 0.717) is 18.9 Å². The first-order valence-corrected chi connectivity index (χ1v) is 9.30. The van der Waals surface area contributed by atoms with Gasteiger partial charge >= 0.3 is 6.09 Å². The molecule has 2 N–H and O–H groups in total. The fraction of sp³-hybridized carbons (Fsp3) is 0.600. The molecule has 1 aromatic rings. The highest BCUT2D eigenvalue weighted by Crippen LogP contribution is 2.02. The van der Waals surface area contributed by atoms with Gasteiger partial charge in [0.2, 0.25) is 6.08 Å². The van der Waals surface area contributed by atoms with E-state index >= 15 is 0 Å². The second-order valence-corrected chi connectivity index (χ2v) is 5.37. The summed E-state index contributed by atoms with van der Waals surface area (Å²) in [5, 5.41) is 11.3. The monoisotopic (exact) mass is 366 g/mol. The number of para-hydroxylation sites is 1. The van der Waals surface area contributed by atoms with Crippen molar-refractivity contribution in [3.05, 3.63) is 30.3 Å². The number of hydrogen-bond donors (Lipinski definition) is 2. The molecular weight excluding hydrogens is 332 g/mol. The van der Waals surface area contributed by atoms with Gasteiger partial charge in [-0.15, -0.1) is 0 Å². The van der Waals surface area contributed by atoms with Crippen LogP contribution < -0.4 is 5.32 Å². The van der Waals surface area contributed by atoms with E-state index in [-0.39, 0.29) is 6.09 Å². The molecule has 0 atom stereocenters. The molecule has 0 spiro atoms. The van der Waals surface area contributed by atoms with Gasteiger partial charge in [-0.05, 0) is 31.9 Å². The standard InChI is InChI=1S/C8H17NO2.C6H11NO.C6H6O/c1-3-5-6-7-9-8(10)11-4-2;1-2-3-4-5-7-6-8;7-6-4-2-1-3-5-6/h3-7H2,1-2H3,(H,9,10);2-5H2,1H3;1-5,7H. The van der Waals surface area contributed by atoms with Crippen molar-refractivity contribution < 1.29 is 19.4 Å². The first kappa shape index (κ1) is 25.9. The first-order valence-electron chi connectivity index (χ1n) is 9.30. The van der Waals surface area contributed by atoms with Gasteiger partial charge in [-0.3, -0.25) is 0 Å². The van der Waals surface area contributed by atoms with Crippen LogP contribution in [0, 0.1) is 0 Å². The normalized spacial score (nSPS) is 8.73. The number of carbonyl (C=O) groups excluding carboxylic acids is 2. The van der Waals surface area contributed by atoms with Crippen molar-refractivity contribution in [3.8, 4) is 5.75 Å². The topological polar surface area (TPSA) is 88.0 Å². The minimum Gasteiger partial charge on any atom is -0.508 e. The van der Waals surface area contributed by atoms with Crippen LogP contribution in [0.2, 0.25) is 0 Å². The Balaban J connectivity index is 0. The fourth-order valence-electron chi connectivity index (χ4n) is 1.66. The van der Waals surface area contributed by atoms with Gasteiger partial charge in [0.15, 0.2) is 0 Å². The van der Waals surface area contributed by atoms with Crippen molar-refractivity contribution in [1.29, 1.82) is 0 Å². The number of ether oxygens (including phenoxy) is 1. The summed E-state index contributed by atoms with van der Waals surface area (Å²) in [6, 6.07) is 8.71. The summed E-state index contributed by atoms with van der Waals surface area (Å²) in [4.78, 5) is 23.6. The second-order valence-electron chi connectivity index (χ2n) is 5.37. The Bertz CT molecular complexity index is 460. The second kappa shape index (κ2) is 22.7. The quantitative estimate of drug-likeness (QED) is 0.372. The molecule has 1 aromatic carbocycles. The Morgan fingerprint density at radius 1 is 1.08 bits per heavy atom. The van der Waals surface area contributed by atoms with Crippen molar-refractivity contribution in [2.75, 3.05) is 19.7 Å². The zero-order valence-corrected chi connectivity index (χ0v) is 16.4. The smallest absolute Gasteiger partial charge is 0.407 e. The van der Waals surface area contributed by atoms with Crippen molar-refractivity contribution in [1.82, 2.24) is 5.32 Å². The fourth-order valence-corrected chi connectivity index (χ4v) is 1.66. The van der Waals surface area contributed by atoms with Gasteiger partial charge < -0.3 is 15.2 Å². The number of amides is 1. The van der Waals surface area contributed by atoms with Crippen LogP contribution in [0.4, 0.5) is 4.79 Å². The molecule has 148 valence electrons. The number of phenols is 1. The Hall–Kier alpha value is -2.33. The molecule has 26 heavy (non-hydrogen) atoms. The summed E-state index contributed by atoms with van der Waals surface area (Å²) in [5.74, 6) is 0.322. The molecular formula is C20H34N2O4. The van der Waals surface area contributed by atoms with Crippen LogP contribution in [0.3, 0.4) is 0 Å². The number of hydrogen-bond acceptors (Lipinski definition) is 5. The van der Waals surface area contributed by atoms with Crippen LogP contribution in [0.25, 0.3) is 0 Å². The summed E-state index contributed by atoms with van der Waals surface area (Å²) in [7, 11) is 0. The number of unbranched alkanes of at least 4 members (excludes halogenated alkanes) is 4. The zero-order valence-electron chi connectivity index (χ0n) is 16.4. The van der Waals surface area contributed by atoms with E-state index in [4.69, 9.17) is 5.11 Å². The largest absolute Gasteiger partial charge is 0.508 e. The van der Waals surface area contributed by atoms with Crippen molar-refractivity contribution in [2.24, 2.45) is 4.99 Å². The van der Waals surface area contributed by atoms with Crippen LogP contribution in [0.15, 0.2) is 35.3 Å². The van der Waals surface area contributed by atoms with Crippen LogP contribution in [0.1, 0.15) is 59.3 Å². The minimum atomic E-state index is -0.302. The predicted octanol–water partition coefficient (Wildman–Crippen LogP) is 4.83. The van der Waals surface area contributed by atoms with E-state index in [0.717, 1.165) is 32.2 Å². The molecule has 0 aliphatic rings. The number of carbonyl (C=O) groups is 1. The molecule has 0 unspecified atom stereocenters. The van der Waals surface area contributed by atoms with Crippen LogP contribution in [-0.4, -0.2) is 37.0 Å². The number of nitrogens with one attached hydrogen (secondary N) is 1. The van der Waals surface area contributed by atoms with E-state index in [1.807, 2.05) is 6.07 Å². The maximum Gasteiger partial charge on any atom is 0.407 e.